The minimum absolute atomic E-state index is 0.00871. The van der Waals surface area contributed by atoms with Gasteiger partial charge in [0.2, 0.25) is 0 Å². The highest BCUT2D eigenvalue weighted by molar-refractivity contribution is 6.00. The molecule has 1 saturated heterocycles. The van der Waals surface area contributed by atoms with Crippen LogP contribution in [0.4, 0.5) is 0 Å². The van der Waals surface area contributed by atoms with E-state index in [0.717, 1.165) is 42.0 Å². The third kappa shape index (κ3) is 3.03. The van der Waals surface area contributed by atoms with Crippen LogP contribution in [-0.4, -0.2) is 36.1 Å². The summed E-state index contributed by atoms with van der Waals surface area (Å²) in [4.78, 5) is 25.4. The van der Waals surface area contributed by atoms with Gasteiger partial charge in [-0.1, -0.05) is 36.4 Å². The molecular formula is C18H19NO2. The molecule has 0 spiro atoms. The third-order valence-corrected chi connectivity index (χ3v) is 4.27. The number of ketones is 1. The quantitative estimate of drug-likeness (QED) is 0.624. The maximum absolute atomic E-state index is 12.3. The van der Waals surface area contributed by atoms with Crippen molar-refractivity contribution in [3.8, 4) is 0 Å². The number of hydrogen-bond donors (Lipinski definition) is 0. The first-order valence-electron chi connectivity index (χ1n) is 7.49. The van der Waals surface area contributed by atoms with Crippen LogP contribution in [0.1, 0.15) is 29.6 Å². The van der Waals surface area contributed by atoms with E-state index in [-0.39, 0.29) is 11.8 Å². The smallest absolute Gasteiger partial charge is 0.164 e. The lowest BCUT2D eigenvalue weighted by Crippen LogP contribution is -2.32. The average molecular weight is 281 g/mol. The summed E-state index contributed by atoms with van der Waals surface area (Å²) in [6, 6.07) is 13.9. The van der Waals surface area contributed by atoms with Gasteiger partial charge in [0.05, 0.1) is 6.04 Å². The molecule has 1 aliphatic rings. The van der Waals surface area contributed by atoms with E-state index in [2.05, 4.69) is 4.90 Å². The van der Waals surface area contributed by atoms with E-state index < -0.39 is 0 Å². The monoisotopic (exact) mass is 281 g/mol. The summed E-state index contributed by atoms with van der Waals surface area (Å²) in [6.07, 6.45) is 3.46. The van der Waals surface area contributed by atoms with Crippen molar-refractivity contribution >= 4 is 22.8 Å². The van der Waals surface area contributed by atoms with Gasteiger partial charge in [-0.15, -0.1) is 0 Å². The topological polar surface area (TPSA) is 37.4 Å². The average Bonchev–Trinajstić information content (AvgIpc) is 2.99. The fourth-order valence-electron chi connectivity index (χ4n) is 3.04. The van der Waals surface area contributed by atoms with Crippen LogP contribution in [-0.2, 0) is 4.79 Å². The summed E-state index contributed by atoms with van der Waals surface area (Å²) >= 11 is 0. The van der Waals surface area contributed by atoms with Crippen molar-refractivity contribution in [3.05, 3.63) is 48.0 Å². The number of benzene rings is 2. The fourth-order valence-corrected chi connectivity index (χ4v) is 3.04. The summed E-state index contributed by atoms with van der Waals surface area (Å²) in [5, 5.41) is 2.24. The fraction of sp³-hybridized carbons (Fsp3) is 0.333. The highest BCUT2D eigenvalue weighted by Gasteiger charge is 2.24. The van der Waals surface area contributed by atoms with Gasteiger partial charge in [0.25, 0.3) is 0 Å². The Labute approximate surface area is 124 Å². The van der Waals surface area contributed by atoms with Gasteiger partial charge in [-0.2, -0.15) is 0 Å². The molecular weight excluding hydrogens is 262 g/mol. The van der Waals surface area contributed by atoms with Crippen molar-refractivity contribution in [2.24, 2.45) is 0 Å². The van der Waals surface area contributed by atoms with Crippen molar-refractivity contribution in [1.82, 2.24) is 4.90 Å². The molecule has 0 aromatic heterocycles. The van der Waals surface area contributed by atoms with Gasteiger partial charge in [-0.25, -0.2) is 0 Å². The second-order valence-electron chi connectivity index (χ2n) is 5.62. The Morgan fingerprint density at radius 1 is 1.19 bits per heavy atom. The Morgan fingerprint density at radius 3 is 2.81 bits per heavy atom. The van der Waals surface area contributed by atoms with E-state index in [4.69, 9.17) is 0 Å². The zero-order valence-electron chi connectivity index (χ0n) is 12.0. The number of rotatable bonds is 5. The van der Waals surface area contributed by atoms with Crippen LogP contribution in [0.5, 0.6) is 0 Å². The molecule has 0 bridgehead atoms. The predicted octanol–water partition coefficient (Wildman–Crippen LogP) is 3.08. The molecule has 2 aromatic rings. The van der Waals surface area contributed by atoms with Crippen molar-refractivity contribution in [3.63, 3.8) is 0 Å². The number of likely N-dealkylation sites (tertiary alicyclic amines) is 1. The summed E-state index contributed by atoms with van der Waals surface area (Å²) in [6.45, 7) is 1.60. The number of Topliss-reactive ketones (excluding diaryl/α,β-unsaturated/α-hetero) is 1. The third-order valence-electron chi connectivity index (χ3n) is 4.27. The van der Waals surface area contributed by atoms with Gasteiger partial charge in [0, 0.05) is 18.5 Å². The lowest BCUT2D eigenvalue weighted by atomic mass is 10.0. The zero-order chi connectivity index (χ0) is 14.7. The molecule has 2 aromatic carbocycles. The molecule has 0 amide bonds. The van der Waals surface area contributed by atoms with Crippen LogP contribution in [0.25, 0.3) is 10.8 Å². The molecule has 3 nitrogen and oxygen atoms in total. The van der Waals surface area contributed by atoms with Crippen LogP contribution in [0, 0.1) is 0 Å². The molecule has 0 aliphatic carbocycles. The second-order valence-corrected chi connectivity index (χ2v) is 5.62. The largest absolute Gasteiger partial charge is 0.302 e. The molecule has 1 atom stereocenters. The summed E-state index contributed by atoms with van der Waals surface area (Å²) in [7, 11) is 0. The Bertz CT molecular complexity index is 665. The van der Waals surface area contributed by atoms with Crippen molar-refractivity contribution < 1.29 is 9.59 Å². The maximum atomic E-state index is 12.3. The van der Waals surface area contributed by atoms with E-state index in [1.807, 2.05) is 42.5 Å². The maximum Gasteiger partial charge on any atom is 0.164 e. The van der Waals surface area contributed by atoms with Gasteiger partial charge < -0.3 is 4.79 Å². The highest BCUT2D eigenvalue weighted by atomic mass is 16.1. The molecule has 3 rings (SSSR count). The molecule has 0 saturated carbocycles. The molecule has 3 heteroatoms. The standard InChI is InChI=1S/C18H19NO2/c20-13-17-6-3-10-19(17)11-9-18(21)16-8-7-14-4-1-2-5-15(14)12-16/h1-2,4-5,7-8,12-13,17H,3,6,9-11H2/t17-/m1/s1. The zero-order valence-corrected chi connectivity index (χ0v) is 12.0. The summed E-state index contributed by atoms with van der Waals surface area (Å²) in [5.41, 5.74) is 0.760. The summed E-state index contributed by atoms with van der Waals surface area (Å²) < 4.78 is 0. The van der Waals surface area contributed by atoms with E-state index in [1.165, 1.54) is 0 Å². The van der Waals surface area contributed by atoms with Crippen molar-refractivity contribution in [2.75, 3.05) is 13.1 Å². The highest BCUT2D eigenvalue weighted by Crippen LogP contribution is 2.19. The van der Waals surface area contributed by atoms with Gasteiger partial charge in [-0.3, -0.25) is 9.69 Å². The van der Waals surface area contributed by atoms with Gasteiger partial charge in [0.1, 0.15) is 6.29 Å². The van der Waals surface area contributed by atoms with E-state index in [0.29, 0.717) is 13.0 Å². The minimum Gasteiger partial charge on any atom is -0.302 e. The second kappa shape index (κ2) is 6.19. The van der Waals surface area contributed by atoms with Crippen LogP contribution >= 0.6 is 0 Å². The van der Waals surface area contributed by atoms with E-state index >= 15 is 0 Å². The molecule has 1 heterocycles. The molecule has 0 N–H and O–H groups in total. The first-order valence-corrected chi connectivity index (χ1v) is 7.49. The molecule has 108 valence electrons. The van der Waals surface area contributed by atoms with Gasteiger partial charge in [-0.05, 0) is 36.2 Å². The molecule has 1 aliphatic heterocycles. The molecule has 0 unspecified atom stereocenters. The van der Waals surface area contributed by atoms with Gasteiger partial charge in [0.15, 0.2) is 5.78 Å². The number of nitrogens with zero attached hydrogens (tertiary/aromatic N) is 1. The lowest BCUT2D eigenvalue weighted by molar-refractivity contribution is -0.111. The minimum atomic E-state index is 0.00871. The number of carbonyl (C=O) groups is 2. The Kier molecular flexibility index (Phi) is 4.11. The Morgan fingerprint density at radius 2 is 2.00 bits per heavy atom. The van der Waals surface area contributed by atoms with E-state index in [9.17, 15) is 9.59 Å². The van der Waals surface area contributed by atoms with E-state index in [1.54, 1.807) is 0 Å². The Hall–Kier alpha value is -2.00. The first kappa shape index (κ1) is 14.0. The first-order chi connectivity index (χ1) is 10.3. The van der Waals surface area contributed by atoms with Crippen LogP contribution in [0.15, 0.2) is 42.5 Å². The van der Waals surface area contributed by atoms with Crippen LogP contribution in [0.3, 0.4) is 0 Å². The van der Waals surface area contributed by atoms with Crippen molar-refractivity contribution in [2.45, 2.75) is 25.3 Å². The summed E-state index contributed by atoms with van der Waals surface area (Å²) in [5.74, 6) is 0.150. The van der Waals surface area contributed by atoms with Crippen molar-refractivity contribution in [1.29, 1.82) is 0 Å². The lowest BCUT2D eigenvalue weighted by Gasteiger charge is -2.19. The van der Waals surface area contributed by atoms with Crippen LogP contribution in [0.2, 0.25) is 0 Å². The molecule has 1 fully saturated rings. The number of hydrogen-bond acceptors (Lipinski definition) is 3. The van der Waals surface area contributed by atoms with Crippen LogP contribution < -0.4 is 0 Å². The molecule has 21 heavy (non-hydrogen) atoms. The Balaban J connectivity index is 1.67. The number of fused-ring (bicyclic) bond motifs is 1. The normalized spacial score (nSPS) is 19.0. The number of aldehydes is 1. The molecule has 0 radical (unpaired) electrons. The predicted molar refractivity (Wildman–Crippen MR) is 83.6 cm³/mol. The SMILES string of the molecule is O=C[C@H]1CCCN1CCC(=O)c1ccc2ccccc2c1. The van der Waals surface area contributed by atoms with Gasteiger partial charge >= 0.3 is 0 Å². The number of carbonyl (C=O) groups excluding carboxylic acids is 2.